The Morgan fingerprint density at radius 1 is 1.00 bits per heavy atom. The molecular weight excluding hydrogens is 366 g/mol. The number of H-pyrrole nitrogens is 1. The molecule has 2 aromatic carbocycles. The minimum atomic E-state index is -0.631. The minimum Gasteiger partial charge on any atom is -0.368 e. The zero-order chi connectivity index (χ0) is 20.2. The second-order valence-corrected chi connectivity index (χ2v) is 7.25. The maximum Gasteiger partial charge on any atom is 0.318 e. The summed E-state index contributed by atoms with van der Waals surface area (Å²) in [6.45, 7) is 4.49. The number of urea groups is 1. The summed E-state index contributed by atoms with van der Waals surface area (Å²) in [5, 5.41) is 6.75. The lowest BCUT2D eigenvalue weighted by molar-refractivity contribution is -0.117. The molecule has 1 unspecified atom stereocenters. The number of piperazine rings is 1. The van der Waals surface area contributed by atoms with Crippen molar-refractivity contribution >= 4 is 34.2 Å². The molecule has 4 rings (SSSR count). The zero-order valence-corrected chi connectivity index (χ0v) is 16.4. The van der Waals surface area contributed by atoms with Crippen molar-refractivity contribution in [2.45, 2.75) is 13.0 Å². The third-order valence-corrected chi connectivity index (χ3v) is 5.24. The van der Waals surface area contributed by atoms with Crippen molar-refractivity contribution in [2.75, 3.05) is 36.4 Å². The average molecular weight is 391 g/mol. The number of para-hydroxylation sites is 1. The van der Waals surface area contributed by atoms with Crippen molar-refractivity contribution in [1.82, 2.24) is 15.2 Å². The molecule has 1 aromatic heterocycles. The number of anilines is 2. The van der Waals surface area contributed by atoms with E-state index >= 15 is 0 Å². The molecule has 1 aliphatic heterocycles. The van der Waals surface area contributed by atoms with Gasteiger partial charge >= 0.3 is 6.03 Å². The molecule has 0 aliphatic carbocycles. The molecule has 3 N–H and O–H groups in total. The van der Waals surface area contributed by atoms with E-state index < -0.39 is 6.04 Å². The molecule has 0 bridgehead atoms. The number of hydrogen-bond donors (Lipinski definition) is 3. The van der Waals surface area contributed by atoms with E-state index in [2.05, 4.69) is 32.7 Å². The summed E-state index contributed by atoms with van der Waals surface area (Å²) in [6.07, 6.45) is 1.86. The van der Waals surface area contributed by atoms with Gasteiger partial charge in [-0.2, -0.15) is 0 Å². The van der Waals surface area contributed by atoms with Gasteiger partial charge in [-0.15, -0.1) is 0 Å². The molecular formula is C22H25N5O2. The van der Waals surface area contributed by atoms with Crippen molar-refractivity contribution in [3.8, 4) is 0 Å². The van der Waals surface area contributed by atoms with Gasteiger partial charge in [-0.3, -0.25) is 4.79 Å². The normalized spacial score (nSPS) is 15.2. The highest BCUT2D eigenvalue weighted by molar-refractivity contribution is 5.98. The number of carbonyl (C=O) groups excluding carboxylic acids is 2. The Bertz CT molecular complexity index is 993. The monoisotopic (exact) mass is 391 g/mol. The molecule has 7 nitrogen and oxygen atoms in total. The quantitative estimate of drug-likeness (QED) is 0.640. The summed E-state index contributed by atoms with van der Waals surface area (Å²) in [5.74, 6) is -0.243. The van der Waals surface area contributed by atoms with Gasteiger partial charge in [0.05, 0.1) is 0 Å². The molecule has 2 heterocycles. The van der Waals surface area contributed by atoms with Gasteiger partial charge in [-0.1, -0.05) is 24.3 Å². The van der Waals surface area contributed by atoms with E-state index in [1.807, 2.05) is 48.7 Å². The summed E-state index contributed by atoms with van der Waals surface area (Å²) < 4.78 is 0. The molecule has 1 fully saturated rings. The second kappa shape index (κ2) is 8.26. The third kappa shape index (κ3) is 4.34. The lowest BCUT2D eigenvalue weighted by atomic mass is 10.2. The van der Waals surface area contributed by atoms with Crippen LogP contribution in [-0.4, -0.2) is 54.0 Å². The standard InChI is InChI=1S/C22H25N5O2/c1-16(21(28)25-18-8-7-17-9-10-23-20(17)15-18)24-22(29)27-13-11-26(12-14-27)19-5-3-2-4-6-19/h2-10,15-16,23H,11-14H2,1H3,(H,24,29)(H,25,28). The number of hydrogen-bond acceptors (Lipinski definition) is 3. The summed E-state index contributed by atoms with van der Waals surface area (Å²) in [4.78, 5) is 32.2. The van der Waals surface area contributed by atoms with E-state index in [1.165, 1.54) is 5.69 Å². The Morgan fingerprint density at radius 2 is 1.76 bits per heavy atom. The van der Waals surface area contributed by atoms with Crippen LogP contribution in [0.4, 0.5) is 16.2 Å². The van der Waals surface area contributed by atoms with Crippen LogP contribution in [0.25, 0.3) is 10.9 Å². The van der Waals surface area contributed by atoms with Gasteiger partial charge in [0.15, 0.2) is 0 Å². The van der Waals surface area contributed by atoms with E-state index in [1.54, 1.807) is 11.8 Å². The Balaban J connectivity index is 1.28. The van der Waals surface area contributed by atoms with Crippen molar-refractivity contribution in [1.29, 1.82) is 0 Å². The van der Waals surface area contributed by atoms with Gasteiger partial charge in [-0.05, 0) is 42.6 Å². The van der Waals surface area contributed by atoms with Gasteiger partial charge in [0, 0.05) is 49.3 Å². The fourth-order valence-electron chi connectivity index (χ4n) is 3.52. The van der Waals surface area contributed by atoms with Gasteiger partial charge in [0.2, 0.25) is 5.91 Å². The van der Waals surface area contributed by atoms with Crippen LogP contribution >= 0.6 is 0 Å². The number of benzene rings is 2. The number of amides is 3. The maximum absolute atomic E-state index is 12.6. The molecule has 3 amide bonds. The molecule has 1 saturated heterocycles. The predicted octanol–water partition coefficient (Wildman–Crippen LogP) is 3.03. The van der Waals surface area contributed by atoms with Crippen molar-refractivity contribution in [2.24, 2.45) is 0 Å². The lowest BCUT2D eigenvalue weighted by Crippen LogP contribution is -2.54. The van der Waals surface area contributed by atoms with E-state index in [9.17, 15) is 9.59 Å². The molecule has 7 heteroatoms. The topological polar surface area (TPSA) is 80.5 Å². The van der Waals surface area contributed by atoms with Gasteiger partial charge in [0.1, 0.15) is 6.04 Å². The van der Waals surface area contributed by atoms with Crippen molar-refractivity contribution in [3.05, 3.63) is 60.8 Å². The molecule has 0 radical (unpaired) electrons. The molecule has 150 valence electrons. The van der Waals surface area contributed by atoms with Crippen LogP contribution in [0.1, 0.15) is 6.92 Å². The lowest BCUT2D eigenvalue weighted by Gasteiger charge is -2.36. The fourth-order valence-corrected chi connectivity index (χ4v) is 3.52. The SMILES string of the molecule is CC(NC(=O)N1CCN(c2ccccc2)CC1)C(=O)Nc1ccc2cc[nH]c2c1. The highest BCUT2D eigenvalue weighted by Crippen LogP contribution is 2.18. The first kappa shape index (κ1) is 18.9. The zero-order valence-electron chi connectivity index (χ0n) is 16.4. The van der Waals surface area contributed by atoms with Crippen LogP contribution in [0, 0.1) is 0 Å². The minimum absolute atomic E-state index is 0.208. The van der Waals surface area contributed by atoms with Crippen LogP contribution < -0.4 is 15.5 Å². The number of nitrogens with zero attached hydrogens (tertiary/aromatic N) is 2. The largest absolute Gasteiger partial charge is 0.368 e. The smallest absolute Gasteiger partial charge is 0.318 e. The van der Waals surface area contributed by atoms with Gasteiger partial charge in [-0.25, -0.2) is 4.79 Å². The van der Waals surface area contributed by atoms with Crippen LogP contribution in [0.2, 0.25) is 0 Å². The summed E-state index contributed by atoms with van der Waals surface area (Å²) in [6, 6.07) is 17.0. The van der Waals surface area contributed by atoms with Crippen molar-refractivity contribution in [3.63, 3.8) is 0 Å². The van der Waals surface area contributed by atoms with E-state index in [0.29, 0.717) is 18.8 Å². The van der Waals surface area contributed by atoms with Crippen LogP contribution in [0.5, 0.6) is 0 Å². The van der Waals surface area contributed by atoms with Gasteiger partial charge < -0.3 is 25.4 Å². The van der Waals surface area contributed by atoms with Crippen LogP contribution in [-0.2, 0) is 4.79 Å². The predicted molar refractivity (Wildman–Crippen MR) is 115 cm³/mol. The Labute approximate surface area is 169 Å². The molecule has 0 saturated carbocycles. The highest BCUT2D eigenvalue weighted by Gasteiger charge is 2.24. The van der Waals surface area contributed by atoms with E-state index in [-0.39, 0.29) is 11.9 Å². The Kier molecular flexibility index (Phi) is 5.37. The first-order chi connectivity index (χ1) is 14.1. The first-order valence-electron chi connectivity index (χ1n) is 9.83. The number of aromatic nitrogens is 1. The van der Waals surface area contributed by atoms with Crippen molar-refractivity contribution < 1.29 is 9.59 Å². The molecule has 1 atom stereocenters. The van der Waals surface area contributed by atoms with E-state index in [0.717, 1.165) is 24.0 Å². The average Bonchev–Trinajstić information content (AvgIpc) is 3.22. The molecule has 3 aromatic rings. The summed E-state index contributed by atoms with van der Waals surface area (Å²) >= 11 is 0. The maximum atomic E-state index is 12.6. The number of carbonyl (C=O) groups is 2. The Morgan fingerprint density at radius 3 is 2.52 bits per heavy atom. The molecule has 29 heavy (non-hydrogen) atoms. The molecule has 1 aliphatic rings. The number of fused-ring (bicyclic) bond motifs is 1. The fraction of sp³-hybridized carbons (Fsp3) is 0.273. The van der Waals surface area contributed by atoms with Crippen LogP contribution in [0.3, 0.4) is 0 Å². The first-order valence-corrected chi connectivity index (χ1v) is 9.83. The van der Waals surface area contributed by atoms with Crippen LogP contribution in [0.15, 0.2) is 60.8 Å². The van der Waals surface area contributed by atoms with Gasteiger partial charge in [0.25, 0.3) is 0 Å². The number of nitrogens with one attached hydrogen (secondary N) is 3. The second-order valence-electron chi connectivity index (χ2n) is 7.25. The summed E-state index contributed by atoms with van der Waals surface area (Å²) in [7, 11) is 0. The third-order valence-electron chi connectivity index (χ3n) is 5.24. The molecule has 0 spiro atoms. The Hall–Kier alpha value is -3.48. The van der Waals surface area contributed by atoms with E-state index in [4.69, 9.17) is 0 Å². The number of rotatable bonds is 4. The number of aromatic amines is 1. The highest BCUT2D eigenvalue weighted by atomic mass is 16.2. The summed E-state index contributed by atoms with van der Waals surface area (Å²) in [5.41, 5.74) is 2.82.